The average Bonchev–Trinajstić information content (AvgIpc) is 2.47. The van der Waals surface area contributed by atoms with E-state index in [1.165, 1.54) is 0 Å². The van der Waals surface area contributed by atoms with Crippen molar-refractivity contribution in [2.24, 2.45) is 5.92 Å². The third-order valence-electron chi connectivity index (χ3n) is 3.22. The van der Waals surface area contributed by atoms with Gasteiger partial charge in [-0.2, -0.15) is 0 Å². The molecular weight excluding hydrogens is 276 g/mol. The van der Waals surface area contributed by atoms with Crippen LogP contribution in [0.2, 0.25) is 0 Å². The molecule has 2 aromatic carbocycles. The van der Waals surface area contributed by atoms with E-state index in [0.29, 0.717) is 29.5 Å². The maximum absolute atomic E-state index is 12.1. The summed E-state index contributed by atoms with van der Waals surface area (Å²) in [5, 5.41) is 2.82. The number of rotatable bonds is 6. The minimum absolute atomic E-state index is 0.167. The van der Waals surface area contributed by atoms with E-state index in [9.17, 15) is 4.79 Å². The Kier molecular flexibility index (Phi) is 5.42. The number of hydrogen-bond acceptors (Lipinski definition) is 3. The van der Waals surface area contributed by atoms with Crippen LogP contribution in [-0.2, 0) is 0 Å². The van der Waals surface area contributed by atoms with Crippen molar-refractivity contribution in [1.82, 2.24) is 0 Å². The monoisotopic (exact) mass is 298 g/mol. The zero-order chi connectivity index (χ0) is 15.9. The number of nitrogen functional groups attached to an aromatic ring is 1. The number of anilines is 2. The van der Waals surface area contributed by atoms with Crippen molar-refractivity contribution in [2.45, 2.75) is 20.3 Å². The van der Waals surface area contributed by atoms with Gasteiger partial charge in [0, 0.05) is 16.9 Å². The molecule has 2 rings (SSSR count). The maximum atomic E-state index is 12.1. The Labute approximate surface area is 131 Å². The first-order chi connectivity index (χ1) is 10.5. The molecule has 4 heteroatoms. The summed E-state index contributed by atoms with van der Waals surface area (Å²) in [6.07, 6.45) is 1.01. The molecule has 0 radical (unpaired) electrons. The van der Waals surface area contributed by atoms with Gasteiger partial charge < -0.3 is 15.8 Å². The highest BCUT2D eigenvalue weighted by Gasteiger charge is 2.06. The van der Waals surface area contributed by atoms with Crippen LogP contribution < -0.4 is 15.8 Å². The number of hydrogen-bond donors (Lipinski definition) is 2. The lowest BCUT2D eigenvalue weighted by molar-refractivity contribution is 0.102. The average molecular weight is 298 g/mol. The van der Waals surface area contributed by atoms with Crippen LogP contribution in [0.5, 0.6) is 5.75 Å². The zero-order valence-electron chi connectivity index (χ0n) is 13.0. The Bertz CT molecular complexity index is 621. The fraction of sp³-hybridized carbons (Fsp3) is 0.278. The number of nitrogens with two attached hydrogens (primary N) is 1. The highest BCUT2D eigenvalue weighted by molar-refractivity contribution is 6.04. The van der Waals surface area contributed by atoms with Gasteiger partial charge in [0.15, 0.2) is 0 Å². The van der Waals surface area contributed by atoms with E-state index in [2.05, 4.69) is 19.2 Å². The van der Waals surface area contributed by atoms with Gasteiger partial charge in [0.2, 0.25) is 0 Å². The Morgan fingerprint density at radius 3 is 2.55 bits per heavy atom. The Hall–Kier alpha value is -2.49. The summed E-state index contributed by atoms with van der Waals surface area (Å²) < 4.78 is 5.64. The minimum atomic E-state index is -0.167. The summed E-state index contributed by atoms with van der Waals surface area (Å²) in [4.78, 5) is 12.1. The van der Waals surface area contributed by atoms with Gasteiger partial charge in [0.25, 0.3) is 5.91 Å². The molecule has 0 aliphatic carbocycles. The first-order valence-electron chi connectivity index (χ1n) is 7.44. The predicted molar refractivity (Wildman–Crippen MR) is 90.2 cm³/mol. The summed E-state index contributed by atoms with van der Waals surface area (Å²) in [6, 6.07) is 14.2. The van der Waals surface area contributed by atoms with Gasteiger partial charge >= 0.3 is 0 Å². The lowest BCUT2D eigenvalue weighted by Gasteiger charge is -2.09. The van der Waals surface area contributed by atoms with Gasteiger partial charge in [-0.25, -0.2) is 0 Å². The van der Waals surface area contributed by atoms with E-state index in [0.717, 1.165) is 12.2 Å². The molecule has 4 nitrogen and oxygen atoms in total. The first-order valence-corrected chi connectivity index (χ1v) is 7.44. The molecule has 0 saturated heterocycles. The van der Waals surface area contributed by atoms with Crippen molar-refractivity contribution in [3.63, 3.8) is 0 Å². The van der Waals surface area contributed by atoms with Crippen LogP contribution in [0.15, 0.2) is 48.5 Å². The molecule has 0 aromatic heterocycles. The van der Waals surface area contributed by atoms with Crippen molar-refractivity contribution in [3.05, 3.63) is 54.1 Å². The Balaban J connectivity index is 1.93. The Morgan fingerprint density at radius 2 is 1.91 bits per heavy atom. The van der Waals surface area contributed by atoms with E-state index in [1.807, 2.05) is 12.1 Å². The summed E-state index contributed by atoms with van der Waals surface area (Å²) in [5.74, 6) is 1.23. The van der Waals surface area contributed by atoms with E-state index in [1.54, 1.807) is 36.4 Å². The summed E-state index contributed by atoms with van der Waals surface area (Å²) in [6.45, 7) is 5.01. The van der Waals surface area contributed by atoms with Crippen molar-refractivity contribution in [1.29, 1.82) is 0 Å². The molecule has 3 N–H and O–H groups in total. The molecule has 116 valence electrons. The highest BCUT2D eigenvalue weighted by Crippen LogP contribution is 2.16. The van der Waals surface area contributed by atoms with E-state index in [-0.39, 0.29) is 5.91 Å². The van der Waals surface area contributed by atoms with Crippen LogP contribution in [-0.4, -0.2) is 12.5 Å². The van der Waals surface area contributed by atoms with Gasteiger partial charge in [-0.3, -0.25) is 4.79 Å². The highest BCUT2D eigenvalue weighted by atomic mass is 16.5. The largest absolute Gasteiger partial charge is 0.494 e. The van der Waals surface area contributed by atoms with Crippen LogP contribution in [0.25, 0.3) is 0 Å². The number of nitrogens with one attached hydrogen (secondary N) is 1. The number of benzene rings is 2. The van der Waals surface area contributed by atoms with Crippen LogP contribution in [0.1, 0.15) is 30.6 Å². The van der Waals surface area contributed by atoms with Crippen LogP contribution >= 0.6 is 0 Å². The van der Waals surface area contributed by atoms with Crippen molar-refractivity contribution in [2.75, 3.05) is 17.7 Å². The van der Waals surface area contributed by atoms with Crippen molar-refractivity contribution >= 4 is 17.3 Å². The predicted octanol–water partition coefficient (Wildman–Crippen LogP) is 3.95. The summed E-state index contributed by atoms with van der Waals surface area (Å²) >= 11 is 0. The van der Waals surface area contributed by atoms with Crippen LogP contribution in [0, 0.1) is 5.92 Å². The molecule has 22 heavy (non-hydrogen) atoms. The third-order valence-corrected chi connectivity index (χ3v) is 3.22. The van der Waals surface area contributed by atoms with Gasteiger partial charge in [0.1, 0.15) is 5.75 Å². The molecule has 0 spiro atoms. The van der Waals surface area contributed by atoms with Crippen molar-refractivity contribution < 1.29 is 9.53 Å². The second kappa shape index (κ2) is 7.50. The molecule has 1 amide bonds. The molecule has 0 bridgehead atoms. The van der Waals surface area contributed by atoms with E-state index in [4.69, 9.17) is 10.5 Å². The molecular formula is C18H22N2O2. The maximum Gasteiger partial charge on any atom is 0.255 e. The van der Waals surface area contributed by atoms with Crippen molar-refractivity contribution in [3.8, 4) is 5.75 Å². The van der Waals surface area contributed by atoms with E-state index < -0.39 is 0 Å². The van der Waals surface area contributed by atoms with Gasteiger partial charge in [-0.05, 0) is 54.8 Å². The SMILES string of the molecule is CC(C)CCOc1ccc(C(=O)Nc2cccc(N)c2)cc1. The lowest BCUT2D eigenvalue weighted by Crippen LogP contribution is -2.12. The first kappa shape index (κ1) is 15.9. The molecule has 0 unspecified atom stereocenters. The zero-order valence-corrected chi connectivity index (χ0v) is 13.0. The standard InChI is InChI=1S/C18H22N2O2/c1-13(2)10-11-22-17-8-6-14(7-9-17)18(21)20-16-5-3-4-15(19)12-16/h3-9,12-13H,10-11,19H2,1-2H3,(H,20,21). The van der Waals surface area contributed by atoms with Gasteiger partial charge in [0.05, 0.1) is 6.61 Å². The quantitative estimate of drug-likeness (QED) is 0.794. The topological polar surface area (TPSA) is 64.3 Å². The summed E-state index contributed by atoms with van der Waals surface area (Å²) in [7, 11) is 0. The lowest BCUT2D eigenvalue weighted by atomic mass is 10.1. The van der Waals surface area contributed by atoms with Gasteiger partial charge in [-0.1, -0.05) is 19.9 Å². The molecule has 0 fully saturated rings. The smallest absolute Gasteiger partial charge is 0.255 e. The van der Waals surface area contributed by atoms with Crippen LogP contribution in [0.4, 0.5) is 11.4 Å². The fourth-order valence-corrected chi connectivity index (χ4v) is 1.93. The normalized spacial score (nSPS) is 10.5. The molecule has 0 aliphatic heterocycles. The molecule has 2 aromatic rings. The summed E-state index contributed by atoms with van der Waals surface area (Å²) in [5.41, 5.74) is 7.57. The third kappa shape index (κ3) is 4.81. The minimum Gasteiger partial charge on any atom is -0.494 e. The number of carbonyl (C=O) groups excluding carboxylic acids is 1. The number of ether oxygens (including phenoxy) is 1. The molecule has 0 aliphatic rings. The number of carbonyl (C=O) groups is 1. The second-order valence-corrected chi connectivity index (χ2v) is 5.63. The fourth-order valence-electron chi connectivity index (χ4n) is 1.93. The van der Waals surface area contributed by atoms with Crippen LogP contribution in [0.3, 0.4) is 0 Å². The molecule has 0 atom stereocenters. The Morgan fingerprint density at radius 1 is 1.18 bits per heavy atom. The molecule has 0 saturated carbocycles. The van der Waals surface area contributed by atoms with Gasteiger partial charge in [-0.15, -0.1) is 0 Å². The second-order valence-electron chi connectivity index (χ2n) is 5.63. The molecule has 0 heterocycles. The number of amides is 1. The van der Waals surface area contributed by atoms with E-state index >= 15 is 0 Å².